The number of likely N-dealkylation sites (N-methyl/N-ethyl adjacent to an activating group) is 1. The summed E-state index contributed by atoms with van der Waals surface area (Å²) in [7, 11) is 1.66. The average Bonchev–Trinajstić information content (AvgIpc) is 2.90. The first-order chi connectivity index (χ1) is 9.40. The second-order valence-electron chi connectivity index (χ2n) is 4.59. The highest BCUT2D eigenvalue weighted by atomic mass is 19.4. The van der Waals surface area contributed by atoms with Crippen LogP contribution in [0.1, 0.15) is 18.5 Å². The van der Waals surface area contributed by atoms with Gasteiger partial charge >= 0.3 is 6.18 Å². The Hall–Kier alpha value is -1.61. The van der Waals surface area contributed by atoms with Gasteiger partial charge in [-0.25, -0.2) is 10.8 Å². The number of nitrogens with zero attached hydrogens (tertiary/aromatic N) is 3. The smallest absolute Gasteiger partial charge is 0.376 e. The molecule has 1 fully saturated rings. The van der Waals surface area contributed by atoms with Crippen molar-refractivity contribution in [2.24, 2.45) is 5.84 Å². The van der Waals surface area contributed by atoms with Crippen LogP contribution in [-0.2, 0) is 10.9 Å². The van der Waals surface area contributed by atoms with Gasteiger partial charge in [0.2, 0.25) is 5.95 Å². The molecule has 1 aromatic rings. The molecule has 2 heterocycles. The Morgan fingerprint density at radius 3 is 2.80 bits per heavy atom. The number of aromatic nitrogens is 2. The highest BCUT2D eigenvalue weighted by Crippen LogP contribution is 2.30. The molecule has 2 rings (SSSR count). The number of nitrogen functional groups attached to an aromatic ring is 1. The van der Waals surface area contributed by atoms with E-state index in [4.69, 9.17) is 10.6 Å². The molecule has 1 atom stereocenters. The molecule has 6 nitrogen and oxygen atoms in total. The molecular weight excluding hydrogens is 275 g/mol. The minimum Gasteiger partial charge on any atom is -0.376 e. The lowest BCUT2D eigenvalue weighted by atomic mass is 10.2. The van der Waals surface area contributed by atoms with Crippen LogP contribution in [0.2, 0.25) is 0 Å². The van der Waals surface area contributed by atoms with Crippen molar-refractivity contribution in [1.29, 1.82) is 0 Å². The summed E-state index contributed by atoms with van der Waals surface area (Å²) in [6.07, 6.45) is -2.68. The molecule has 3 N–H and O–H groups in total. The van der Waals surface area contributed by atoms with Gasteiger partial charge in [-0.05, 0) is 12.8 Å². The van der Waals surface area contributed by atoms with Gasteiger partial charge < -0.3 is 9.64 Å². The van der Waals surface area contributed by atoms with Crippen LogP contribution in [0.4, 0.5) is 24.9 Å². The van der Waals surface area contributed by atoms with Crippen molar-refractivity contribution in [3.8, 4) is 0 Å². The van der Waals surface area contributed by atoms with Crippen molar-refractivity contribution in [1.82, 2.24) is 9.97 Å². The predicted octanol–water partition coefficient (Wildman–Crippen LogP) is 1.40. The van der Waals surface area contributed by atoms with Crippen LogP contribution in [0.15, 0.2) is 6.07 Å². The highest BCUT2D eigenvalue weighted by Gasteiger charge is 2.34. The molecule has 0 spiro atoms. The molecule has 0 radical (unpaired) electrons. The van der Waals surface area contributed by atoms with Gasteiger partial charge in [0.25, 0.3) is 0 Å². The van der Waals surface area contributed by atoms with Crippen molar-refractivity contribution < 1.29 is 17.9 Å². The number of hydrogen-bond donors (Lipinski definition) is 2. The minimum atomic E-state index is -4.55. The lowest BCUT2D eigenvalue weighted by Gasteiger charge is -2.22. The van der Waals surface area contributed by atoms with E-state index in [0.717, 1.165) is 18.9 Å². The van der Waals surface area contributed by atoms with Crippen LogP contribution in [0.3, 0.4) is 0 Å². The normalized spacial score (nSPS) is 19.1. The molecule has 0 amide bonds. The molecule has 0 saturated carbocycles. The molecule has 1 aliphatic rings. The zero-order valence-electron chi connectivity index (χ0n) is 10.9. The van der Waals surface area contributed by atoms with Crippen LogP contribution < -0.4 is 16.2 Å². The Morgan fingerprint density at radius 2 is 2.25 bits per heavy atom. The lowest BCUT2D eigenvalue weighted by molar-refractivity contribution is -0.141. The first-order valence-corrected chi connectivity index (χ1v) is 6.16. The monoisotopic (exact) mass is 291 g/mol. The number of anilines is 2. The molecule has 0 aromatic carbocycles. The number of ether oxygens (including phenoxy) is 1. The fourth-order valence-corrected chi connectivity index (χ4v) is 2.03. The van der Waals surface area contributed by atoms with Gasteiger partial charge in [0.15, 0.2) is 5.69 Å². The summed E-state index contributed by atoms with van der Waals surface area (Å²) in [5.41, 5.74) is 1.02. The average molecular weight is 291 g/mol. The second kappa shape index (κ2) is 5.80. The first-order valence-electron chi connectivity index (χ1n) is 6.16. The predicted molar refractivity (Wildman–Crippen MR) is 67.1 cm³/mol. The summed E-state index contributed by atoms with van der Waals surface area (Å²) < 4.78 is 43.7. The molecule has 0 bridgehead atoms. The molecule has 1 unspecified atom stereocenters. The third kappa shape index (κ3) is 3.48. The molecule has 0 aliphatic carbocycles. The highest BCUT2D eigenvalue weighted by molar-refractivity contribution is 5.44. The summed E-state index contributed by atoms with van der Waals surface area (Å²) in [5, 5.41) is 0. The maximum atomic E-state index is 12.8. The molecule has 1 saturated heterocycles. The lowest BCUT2D eigenvalue weighted by Crippen LogP contribution is -2.30. The van der Waals surface area contributed by atoms with Crippen molar-refractivity contribution in [3.05, 3.63) is 11.8 Å². The number of halogens is 3. The SMILES string of the molecule is CN(CC1CCCO1)c1cc(C(F)(F)F)nc(NN)n1. The van der Waals surface area contributed by atoms with Gasteiger partial charge in [-0.15, -0.1) is 0 Å². The Kier molecular flexibility index (Phi) is 4.29. The number of nitrogens with two attached hydrogens (primary N) is 1. The zero-order valence-corrected chi connectivity index (χ0v) is 10.9. The molecular formula is C11H16F3N5O. The van der Waals surface area contributed by atoms with E-state index >= 15 is 0 Å². The van der Waals surface area contributed by atoms with Crippen LogP contribution in [0.5, 0.6) is 0 Å². The molecule has 20 heavy (non-hydrogen) atoms. The summed E-state index contributed by atoms with van der Waals surface area (Å²) >= 11 is 0. The van der Waals surface area contributed by atoms with E-state index in [-0.39, 0.29) is 17.9 Å². The van der Waals surface area contributed by atoms with E-state index in [1.807, 2.05) is 5.43 Å². The Balaban J connectivity index is 2.20. The fraction of sp³-hybridized carbons (Fsp3) is 0.636. The number of hydrazine groups is 1. The maximum Gasteiger partial charge on any atom is 0.433 e. The fourth-order valence-electron chi connectivity index (χ4n) is 2.03. The third-order valence-electron chi connectivity index (χ3n) is 3.02. The summed E-state index contributed by atoms with van der Waals surface area (Å²) in [6, 6.07) is 0.899. The summed E-state index contributed by atoms with van der Waals surface area (Å²) in [6.45, 7) is 1.16. The van der Waals surface area contributed by atoms with E-state index < -0.39 is 11.9 Å². The van der Waals surface area contributed by atoms with E-state index in [9.17, 15) is 13.2 Å². The zero-order chi connectivity index (χ0) is 14.8. The summed E-state index contributed by atoms with van der Waals surface area (Å²) in [4.78, 5) is 8.84. The van der Waals surface area contributed by atoms with Gasteiger partial charge in [-0.2, -0.15) is 18.2 Å². The van der Waals surface area contributed by atoms with Crippen LogP contribution in [-0.4, -0.2) is 36.3 Å². The standard InChI is InChI=1S/C11H16F3N5O/c1-19(6-7-3-2-4-20-7)9-5-8(11(12,13)14)16-10(17-9)18-15/h5,7H,2-4,6,15H2,1H3,(H,16,17,18). The molecule has 9 heteroatoms. The number of alkyl halides is 3. The number of nitrogens with one attached hydrogen (secondary N) is 1. The third-order valence-corrected chi connectivity index (χ3v) is 3.02. The Labute approximate surface area is 114 Å². The van der Waals surface area contributed by atoms with E-state index in [2.05, 4.69) is 9.97 Å². The molecule has 1 aliphatic heterocycles. The van der Waals surface area contributed by atoms with Crippen molar-refractivity contribution >= 4 is 11.8 Å². The van der Waals surface area contributed by atoms with E-state index in [0.29, 0.717) is 13.2 Å². The Bertz CT molecular complexity index is 462. The quantitative estimate of drug-likeness (QED) is 0.645. The minimum absolute atomic E-state index is 0.0126. The molecule has 112 valence electrons. The van der Waals surface area contributed by atoms with Gasteiger partial charge in [0, 0.05) is 26.3 Å². The van der Waals surface area contributed by atoms with E-state index in [1.165, 1.54) is 0 Å². The van der Waals surface area contributed by atoms with Crippen LogP contribution >= 0.6 is 0 Å². The topological polar surface area (TPSA) is 76.3 Å². The van der Waals surface area contributed by atoms with Crippen molar-refractivity contribution in [2.75, 3.05) is 30.5 Å². The largest absolute Gasteiger partial charge is 0.433 e. The molecule has 1 aromatic heterocycles. The van der Waals surface area contributed by atoms with Crippen molar-refractivity contribution in [2.45, 2.75) is 25.1 Å². The van der Waals surface area contributed by atoms with Gasteiger partial charge in [0.05, 0.1) is 6.10 Å². The van der Waals surface area contributed by atoms with Gasteiger partial charge in [-0.1, -0.05) is 0 Å². The second-order valence-corrected chi connectivity index (χ2v) is 4.59. The van der Waals surface area contributed by atoms with Crippen LogP contribution in [0, 0.1) is 0 Å². The first kappa shape index (κ1) is 14.8. The van der Waals surface area contributed by atoms with Crippen molar-refractivity contribution in [3.63, 3.8) is 0 Å². The van der Waals surface area contributed by atoms with Gasteiger partial charge in [0.1, 0.15) is 5.82 Å². The number of rotatable bonds is 4. The summed E-state index contributed by atoms with van der Waals surface area (Å²) in [5.74, 6) is 4.99. The number of hydrogen-bond acceptors (Lipinski definition) is 6. The maximum absolute atomic E-state index is 12.8. The van der Waals surface area contributed by atoms with E-state index in [1.54, 1.807) is 11.9 Å². The van der Waals surface area contributed by atoms with Crippen LogP contribution in [0.25, 0.3) is 0 Å². The van der Waals surface area contributed by atoms with Gasteiger partial charge in [-0.3, -0.25) is 5.43 Å². The Morgan fingerprint density at radius 1 is 1.50 bits per heavy atom.